The summed E-state index contributed by atoms with van der Waals surface area (Å²) in [6.45, 7) is 9.82. The van der Waals surface area contributed by atoms with E-state index in [1.165, 1.54) is 11.1 Å². The molecule has 0 saturated carbocycles. The van der Waals surface area contributed by atoms with Crippen LogP contribution in [0.2, 0.25) is 0 Å². The van der Waals surface area contributed by atoms with E-state index >= 15 is 0 Å². The van der Waals surface area contributed by atoms with Crippen molar-refractivity contribution in [3.05, 3.63) is 65.0 Å². The van der Waals surface area contributed by atoms with Gasteiger partial charge in [-0.2, -0.15) is 10.4 Å². The molecule has 0 aliphatic rings. The third-order valence-electron chi connectivity index (χ3n) is 3.53. The average Bonchev–Trinajstić information content (AvgIpc) is 3.01. The molecule has 130 valence electrons. The molecule has 1 aromatic carbocycles. The number of nitrogens with zero attached hydrogens (tertiary/aromatic N) is 3. The molecular weight excluding hydrogens is 312 g/mol. The lowest BCUT2D eigenvalue weighted by Crippen LogP contribution is -1.98. The van der Waals surface area contributed by atoms with Gasteiger partial charge in [0.25, 0.3) is 0 Å². The van der Waals surface area contributed by atoms with Crippen molar-refractivity contribution in [2.24, 2.45) is 0 Å². The van der Waals surface area contributed by atoms with Gasteiger partial charge in [-0.1, -0.05) is 26.0 Å². The Morgan fingerprint density at radius 2 is 1.84 bits per heavy atom. The maximum Gasteiger partial charge on any atom is 0.211 e. The molecule has 3 rings (SSSR count). The van der Waals surface area contributed by atoms with Gasteiger partial charge < -0.3 is 5.32 Å². The van der Waals surface area contributed by atoms with Crippen LogP contribution in [0.5, 0.6) is 0 Å². The van der Waals surface area contributed by atoms with Crippen LogP contribution in [-0.4, -0.2) is 16.0 Å². The molecule has 0 spiro atoms. The summed E-state index contributed by atoms with van der Waals surface area (Å²) >= 11 is 0. The Morgan fingerprint density at radius 3 is 2.44 bits per heavy atom. The second-order valence-corrected chi connectivity index (χ2v) is 5.21. The fourth-order valence-electron chi connectivity index (χ4n) is 2.25. The number of benzene rings is 1. The number of nitriles is 1. The number of amides is 1. The van der Waals surface area contributed by atoms with Gasteiger partial charge in [0.05, 0.1) is 23.3 Å². The normalized spacial score (nSPS) is 9.12. The zero-order valence-corrected chi connectivity index (χ0v) is 15.4. The van der Waals surface area contributed by atoms with Gasteiger partial charge in [0.2, 0.25) is 6.41 Å². The van der Waals surface area contributed by atoms with E-state index in [9.17, 15) is 4.79 Å². The number of rotatable bonds is 2. The van der Waals surface area contributed by atoms with Gasteiger partial charge in [-0.3, -0.25) is 4.79 Å². The van der Waals surface area contributed by atoms with E-state index in [0.717, 1.165) is 11.1 Å². The number of anilines is 1. The van der Waals surface area contributed by atoms with E-state index < -0.39 is 0 Å². The molecule has 0 fully saturated rings. The summed E-state index contributed by atoms with van der Waals surface area (Å²) in [6, 6.07) is 11.7. The van der Waals surface area contributed by atoms with Crippen LogP contribution < -0.4 is 5.32 Å². The minimum atomic E-state index is 0.593. The number of pyridine rings is 1. The number of aromatic nitrogens is 2. The second kappa shape index (κ2) is 9.89. The van der Waals surface area contributed by atoms with Crippen molar-refractivity contribution in [2.75, 3.05) is 5.32 Å². The molecule has 0 aliphatic heterocycles. The van der Waals surface area contributed by atoms with Gasteiger partial charge in [0, 0.05) is 11.9 Å². The minimum absolute atomic E-state index is 0.593. The van der Waals surface area contributed by atoms with Crippen molar-refractivity contribution >= 4 is 17.6 Å². The molecule has 0 unspecified atom stereocenters. The molecule has 2 heterocycles. The molecule has 0 bridgehead atoms. The molecule has 1 amide bonds. The summed E-state index contributed by atoms with van der Waals surface area (Å²) in [6.07, 6.45) is 4.43. The smallest absolute Gasteiger partial charge is 0.211 e. The van der Waals surface area contributed by atoms with Gasteiger partial charge in [0.1, 0.15) is 0 Å². The Bertz CT molecular complexity index is 875. The first kappa shape index (κ1) is 19.9. The van der Waals surface area contributed by atoms with Crippen molar-refractivity contribution in [3.63, 3.8) is 0 Å². The predicted molar refractivity (Wildman–Crippen MR) is 102 cm³/mol. The Hall–Kier alpha value is -3.13. The number of carbonyl (C=O) groups is 1. The molecule has 25 heavy (non-hydrogen) atoms. The summed E-state index contributed by atoms with van der Waals surface area (Å²) in [5.41, 5.74) is 5.58. The molecule has 5 heteroatoms. The quantitative estimate of drug-likeness (QED) is 0.705. The van der Waals surface area contributed by atoms with Crippen LogP contribution in [0.4, 0.5) is 5.69 Å². The SMILES string of the molecule is CC.Cc1cc(C)c(NC=O)cc1C#N.Cc1cnn2ccccc12. The van der Waals surface area contributed by atoms with Crippen LogP contribution in [0.3, 0.4) is 0 Å². The Kier molecular flexibility index (Phi) is 7.88. The highest BCUT2D eigenvalue weighted by atomic mass is 16.1. The molecule has 3 aromatic rings. The van der Waals surface area contributed by atoms with E-state index in [1.807, 2.05) is 62.8 Å². The van der Waals surface area contributed by atoms with Crippen LogP contribution in [0, 0.1) is 32.1 Å². The van der Waals surface area contributed by atoms with E-state index in [-0.39, 0.29) is 0 Å². The number of nitrogens with one attached hydrogen (secondary N) is 1. The molecule has 1 N–H and O–H groups in total. The maximum atomic E-state index is 10.2. The summed E-state index contributed by atoms with van der Waals surface area (Å²) in [5, 5.41) is 15.4. The lowest BCUT2D eigenvalue weighted by Gasteiger charge is -2.06. The molecular formula is C20H24N4O. The van der Waals surface area contributed by atoms with Gasteiger partial charge >= 0.3 is 0 Å². The molecule has 0 aliphatic carbocycles. The Morgan fingerprint density at radius 1 is 1.12 bits per heavy atom. The monoisotopic (exact) mass is 336 g/mol. The van der Waals surface area contributed by atoms with Gasteiger partial charge in [-0.05, 0) is 55.7 Å². The predicted octanol–water partition coefficient (Wildman–Crippen LogP) is 4.41. The average molecular weight is 336 g/mol. The van der Waals surface area contributed by atoms with Gasteiger partial charge in [0.15, 0.2) is 0 Å². The molecule has 0 saturated heterocycles. The zero-order valence-electron chi connectivity index (χ0n) is 15.4. The minimum Gasteiger partial charge on any atom is -0.328 e. The Labute approximate surface area is 148 Å². The highest BCUT2D eigenvalue weighted by molar-refractivity contribution is 5.74. The van der Waals surface area contributed by atoms with E-state index in [1.54, 1.807) is 6.07 Å². The van der Waals surface area contributed by atoms with Gasteiger partial charge in [-0.25, -0.2) is 4.52 Å². The molecule has 5 nitrogen and oxygen atoms in total. The first-order chi connectivity index (χ1) is 12.1. The summed E-state index contributed by atoms with van der Waals surface area (Å²) in [5.74, 6) is 0. The van der Waals surface area contributed by atoms with E-state index in [2.05, 4.69) is 29.5 Å². The summed E-state index contributed by atoms with van der Waals surface area (Å²) < 4.78 is 1.87. The third kappa shape index (κ3) is 5.18. The molecule has 0 atom stereocenters. The molecule has 0 radical (unpaired) electrons. The largest absolute Gasteiger partial charge is 0.328 e. The maximum absolute atomic E-state index is 10.2. The second-order valence-electron chi connectivity index (χ2n) is 5.21. The van der Waals surface area contributed by atoms with Crippen molar-refractivity contribution < 1.29 is 4.79 Å². The zero-order chi connectivity index (χ0) is 18.8. The van der Waals surface area contributed by atoms with Crippen LogP contribution in [-0.2, 0) is 4.79 Å². The van der Waals surface area contributed by atoms with Crippen LogP contribution in [0.15, 0.2) is 42.7 Å². The number of aryl methyl sites for hydroxylation is 3. The lowest BCUT2D eigenvalue weighted by atomic mass is 10.0. The first-order valence-electron chi connectivity index (χ1n) is 8.17. The van der Waals surface area contributed by atoms with E-state index in [0.29, 0.717) is 17.7 Å². The van der Waals surface area contributed by atoms with Crippen LogP contribution in [0.1, 0.15) is 36.1 Å². The lowest BCUT2D eigenvalue weighted by molar-refractivity contribution is -0.105. The first-order valence-corrected chi connectivity index (χ1v) is 8.17. The van der Waals surface area contributed by atoms with Crippen molar-refractivity contribution in [3.8, 4) is 6.07 Å². The number of carbonyl (C=O) groups excluding carboxylic acids is 1. The van der Waals surface area contributed by atoms with Crippen LogP contribution >= 0.6 is 0 Å². The Balaban J connectivity index is 0.000000233. The molecule has 2 aromatic heterocycles. The number of fused-ring (bicyclic) bond motifs is 1. The highest BCUT2D eigenvalue weighted by Crippen LogP contribution is 2.19. The summed E-state index contributed by atoms with van der Waals surface area (Å²) in [7, 11) is 0. The van der Waals surface area contributed by atoms with E-state index in [4.69, 9.17) is 5.26 Å². The van der Waals surface area contributed by atoms with Gasteiger partial charge in [-0.15, -0.1) is 0 Å². The van der Waals surface area contributed by atoms with Crippen molar-refractivity contribution in [1.82, 2.24) is 9.61 Å². The fraction of sp³-hybridized carbons (Fsp3) is 0.250. The highest BCUT2D eigenvalue weighted by Gasteiger charge is 2.02. The summed E-state index contributed by atoms with van der Waals surface area (Å²) in [4.78, 5) is 10.2. The fourth-order valence-corrected chi connectivity index (χ4v) is 2.25. The van der Waals surface area contributed by atoms with Crippen molar-refractivity contribution in [2.45, 2.75) is 34.6 Å². The standard InChI is InChI=1S/C10H10N2O.C8H8N2.C2H6/c1-7-3-8(2)10(12-6-13)4-9(7)5-11;1-7-6-9-10-5-3-2-4-8(7)10;1-2/h3-4,6H,1-2H3,(H,12,13);2-6H,1H3;1-2H3. The topological polar surface area (TPSA) is 70.2 Å². The van der Waals surface area contributed by atoms with Crippen LogP contribution in [0.25, 0.3) is 5.52 Å². The number of hydrogen-bond donors (Lipinski definition) is 1. The third-order valence-corrected chi connectivity index (χ3v) is 3.53. The van der Waals surface area contributed by atoms with Crippen molar-refractivity contribution in [1.29, 1.82) is 5.26 Å². The number of hydrogen-bond acceptors (Lipinski definition) is 3.